The summed E-state index contributed by atoms with van der Waals surface area (Å²) in [5, 5.41) is 9.86. The predicted molar refractivity (Wildman–Crippen MR) is 61.8 cm³/mol. The zero-order chi connectivity index (χ0) is 12.5. The van der Waals surface area contributed by atoms with Crippen LogP contribution in [-0.4, -0.2) is 47.0 Å². The number of aromatic amines is 1. The van der Waals surface area contributed by atoms with Crippen LogP contribution < -0.4 is 0 Å². The largest absolute Gasteiger partial charge is 0.393 e. The first kappa shape index (κ1) is 12.5. The lowest BCUT2D eigenvalue weighted by atomic mass is 9.94. The van der Waals surface area contributed by atoms with E-state index in [1.165, 1.54) is 16.8 Å². The third-order valence-electron chi connectivity index (χ3n) is 3.27. The van der Waals surface area contributed by atoms with Crippen molar-refractivity contribution in [2.45, 2.75) is 30.9 Å². The van der Waals surface area contributed by atoms with E-state index < -0.39 is 16.1 Å². The van der Waals surface area contributed by atoms with Crippen LogP contribution in [0.25, 0.3) is 0 Å². The second-order valence-electron chi connectivity index (χ2n) is 4.30. The number of aromatic nitrogens is 2. The molecule has 6 nitrogen and oxygen atoms in total. The van der Waals surface area contributed by atoms with Crippen LogP contribution in [0.5, 0.6) is 0 Å². The fourth-order valence-electron chi connectivity index (χ4n) is 2.13. The van der Waals surface area contributed by atoms with E-state index in [0.717, 1.165) is 6.42 Å². The van der Waals surface area contributed by atoms with Gasteiger partial charge < -0.3 is 10.1 Å². The van der Waals surface area contributed by atoms with Gasteiger partial charge in [-0.05, 0) is 18.8 Å². The molecule has 0 spiro atoms. The second-order valence-corrected chi connectivity index (χ2v) is 6.21. The van der Waals surface area contributed by atoms with E-state index in [2.05, 4.69) is 9.97 Å². The first-order valence-electron chi connectivity index (χ1n) is 5.72. The number of aliphatic hydroxyl groups is 1. The van der Waals surface area contributed by atoms with E-state index in [1.807, 2.05) is 6.92 Å². The molecule has 96 valence electrons. The molecule has 0 aromatic carbocycles. The highest BCUT2D eigenvalue weighted by Gasteiger charge is 2.34. The minimum atomic E-state index is -3.48. The van der Waals surface area contributed by atoms with Crippen LogP contribution in [0.3, 0.4) is 0 Å². The summed E-state index contributed by atoms with van der Waals surface area (Å²) in [6.07, 6.45) is 3.53. The van der Waals surface area contributed by atoms with Crippen molar-refractivity contribution in [1.82, 2.24) is 14.3 Å². The fraction of sp³-hybridized carbons (Fsp3) is 0.700. The molecule has 0 saturated carbocycles. The maximum absolute atomic E-state index is 12.2. The molecule has 1 aromatic rings. The quantitative estimate of drug-likeness (QED) is 0.811. The van der Waals surface area contributed by atoms with Crippen LogP contribution in [0, 0.1) is 5.92 Å². The number of nitrogens with one attached hydrogen (secondary N) is 1. The van der Waals surface area contributed by atoms with Crippen molar-refractivity contribution in [2.75, 3.05) is 13.1 Å². The lowest BCUT2D eigenvalue weighted by molar-refractivity contribution is 0.0520. The number of sulfonamides is 1. The maximum Gasteiger partial charge on any atom is 0.260 e. The van der Waals surface area contributed by atoms with Crippen LogP contribution >= 0.6 is 0 Å². The average molecular weight is 259 g/mol. The first-order chi connectivity index (χ1) is 8.05. The molecule has 1 aliphatic rings. The molecular weight excluding hydrogens is 242 g/mol. The SMILES string of the molecule is CCC1CN(S(=O)(=O)c2cnc[nH]2)CCC1O. The minimum absolute atomic E-state index is 0.0152. The van der Waals surface area contributed by atoms with Crippen molar-refractivity contribution in [3.8, 4) is 0 Å². The maximum atomic E-state index is 12.2. The van der Waals surface area contributed by atoms with Crippen LogP contribution in [0.2, 0.25) is 0 Å². The molecule has 2 heterocycles. The summed E-state index contributed by atoms with van der Waals surface area (Å²) in [7, 11) is -3.48. The van der Waals surface area contributed by atoms with Gasteiger partial charge in [0.05, 0.1) is 18.6 Å². The Morgan fingerprint density at radius 1 is 1.65 bits per heavy atom. The average Bonchev–Trinajstić information content (AvgIpc) is 2.83. The summed E-state index contributed by atoms with van der Waals surface area (Å²) < 4.78 is 25.8. The molecule has 1 aromatic heterocycles. The summed E-state index contributed by atoms with van der Waals surface area (Å²) in [5.74, 6) is 0.0152. The number of hydrogen-bond acceptors (Lipinski definition) is 4. The Kier molecular flexibility index (Phi) is 3.50. The molecule has 1 aliphatic heterocycles. The normalized spacial score (nSPS) is 27.2. The molecule has 2 unspecified atom stereocenters. The van der Waals surface area contributed by atoms with Crippen molar-refractivity contribution < 1.29 is 13.5 Å². The van der Waals surface area contributed by atoms with Gasteiger partial charge in [0, 0.05) is 13.1 Å². The number of H-pyrrole nitrogens is 1. The topological polar surface area (TPSA) is 86.3 Å². The molecule has 2 N–H and O–H groups in total. The van der Waals surface area contributed by atoms with Gasteiger partial charge >= 0.3 is 0 Å². The Hall–Kier alpha value is -0.920. The van der Waals surface area contributed by atoms with Gasteiger partial charge in [-0.3, -0.25) is 0 Å². The van der Waals surface area contributed by atoms with Crippen molar-refractivity contribution in [3.63, 3.8) is 0 Å². The molecule has 0 radical (unpaired) electrons. The Morgan fingerprint density at radius 2 is 2.41 bits per heavy atom. The highest BCUT2D eigenvalue weighted by Crippen LogP contribution is 2.24. The van der Waals surface area contributed by atoms with Crippen LogP contribution in [0.15, 0.2) is 17.6 Å². The highest BCUT2D eigenvalue weighted by atomic mass is 32.2. The van der Waals surface area contributed by atoms with Crippen LogP contribution in [0.4, 0.5) is 0 Å². The van der Waals surface area contributed by atoms with E-state index in [4.69, 9.17) is 0 Å². The summed E-state index contributed by atoms with van der Waals surface area (Å²) in [5.41, 5.74) is 0. The molecule has 1 fully saturated rings. The smallest absolute Gasteiger partial charge is 0.260 e. The lowest BCUT2D eigenvalue weighted by Gasteiger charge is -2.34. The van der Waals surface area contributed by atoms with Crippen molar-refractivity contribution in [1.29, 1.82) is 0 Å². The molecular formula is C10H17N3O3S. The molecule has 0 amide bonds. The standard InChI is InChI=1S/C10H17N3O3S/c1-2-8-6-13(4-3-9(8)14)17(15,16)10-5-11-7-12-10/h5,7-9,14H,2-4,6H2,1H3,(H,11,12). The fourth-order valence-corrected chi connectivity index (χ4v) is 3.54. The Morgan fingerprint density at radius 3 is 3.00 bits per heavy atom. The Bertz CT molecular complexity index is 457. The number of hydrogen-bond donors (Lipinski definition) is 2. The van der Waals surface area contributed by atoms with E-state index in [-0.39, 0.29) is 10.9 Å². The zero-order valence-electron chi connectivity index (χ0n) is 9.70. The second kappa shape index (κ2) is 4.75. The van der Waals surface area contributed by atoms with Gasteiger partial charge in [0.15, 0.2) is 5.03 Å². The molecule has 7 heteroatoms. The zero-order valence-corrected chi connectivity index (χ0v) is 10.5. The molecule has 0 aliphatic carbocycles. The van der Waals surface area contributed by atoms with Crippen molar-refractivity contribution >= 4 is 10.0 Å². The lowest BCUT2D eigenvalue weighted by Crippen LogP contribution is -2.45. The van der Waals surface area contributed by atoms with Gasteiger partial charge in [0.2, 0.25) is 0 Å². The van der Waals surface area contributed by atoms with Crippen molar-refractivity contribution in [2.24, 2.45) is 5.92 Å². The van der Waals surface area contributed by atoms with Gasteiger partial charge in [0.1, 0.15) is 0 Å². The highest BCUT2D eigenvalue weighted by molar-refractivity contribution is 7.89. The Balaban J connectivity index is 2.19. The summed E-state index contributed by atoms with van der Waals surface area (Å²) in [4.78, 5) is 6.34. The van der Waals surface area contributed by atoms with E-state index in [9.17, 15) is 13.5 Å². The minimum Gasteiger partial charge on any atom is -0.393 e. The van der Waals surface area contributed by atoms with E-state index >= 15 is 0 Å². The molecule has 2 atom stereocenters. The number of rotatable bonds is 3. The van der Waals surface area contributed by atoms with E-state index in [0.29, 0.717) is 19.5 Å². The van der Waals surface area contributed by atoms with Gasteiger partial charge in [0.25, 0.3) is 10.0 Å². The van der Waals surface area contributed by atoms with Crippen LogP contribution in [-0.2, 0) is 10.0 Å². The van der Waals surface area contributed by atoms with Gasteiger partial charge in [-0.25, -0.2) is 13.4 Å². The molecule has 1 saturated heterocycles. The molecule has 17 heavy (non-hydrogen) atoms. The van der Waals surface area contributed by atoms with Crippen LogP contribution in [0.1, 0.15) is 19.8 Å². The third kappa shape index (κ3) is 2.36. The summed E-state index contributed by atoms with van der Waals surface area (Å²) >= 11 is 0. The first-order valence-corrected chi connectivity index (χ1v) is 7.16. The van der Waals surface area contributed by atoms with E-state index in [1.54, 1.807) is 0 Å². The van der Waals surface area contributed by atoms with Gasteiger partial charge in [-0.2, -0.15) is 4.31 Å². The number of aliphatic hydroxyl groups excluding tert-OH is 1. The number of imidazole rings is 1. The monoisotopic (exact) mass is 259 g/mol. The number of piperidine rings is 1. The summed E-state index contributed by atoms with van der Waals surface area (Å²) in [6.45, 7) is 2.69. The predicted octanol–water partition coefficient (Wildman–Crippen LogP) is 0.191. The summed E-state index contributed by atoms with van der Waals surface area (Å²) in [6, 6.07) is 0. The molecule has 2 rings (SSSR count). The number of nitrogens with zero attached hydrogens (tertiary/aromatic N) is 2. The van der Waals surface area contributed by atoms with Gasteiger partial charge in [-0.1, -0.05) is 6.92 Å². The van der Waals surface area contributed by atoms with Crippen molar-refractivity contribution in [3.05, 3.63) is 12.5 Å². The molecule has 0 bridgehead atoms. The van der Waals surface area contributed by atoms with Gasteiger partial charge in [-0.15, -0.1) is 0 Å². The Labute approximate surface area is 101 Å². The third-order valence-corrected chi connectivity index (χ3v) is 5.06.